The molecule has 2 atom stereocenters. The van der Waals surface area contributed by atoms with Gasteiger partial charge in [0.2, 0.25) is 17.7 Å². The van der Waals surface area contributed by atoms with E-state index in [9.17, 15) is 38.7 Å². The van der Waals surface area contributed by atoms with E-state index in [1.807, 2.05) is 26.1 Å². The molecule has 8 N–H and O–H groups in total. The number of carboxylic acid groups (broad SMARTS) is 3. The summed E-state index contributed by atoms with van der Waals surface area (Å²) in [6.45, 7) is 9.71. The van der Waals surface area contributed by atoms with Crippen LogP contribution < -0.4 is 26.6 Å². The van der Waals surface area contributed by atoms with Crippen molar-refractivity contribution in [3.8, 4) is 0 Å². The molecular weight excluding hydrogens is 674 g/mol. The van der Waals surface area contributed by atoms with Gasteiger partial charge in [0.05, 0.1) is 39.6 Å². The third-order valence-electron chi connectivity index (χ3n) is 6.99. The number of urea groups is 1. The first kappa shape index (κ1) is 47.0. The third-order valence-corrected chi connectivity index (χ3v) is 6.99. The molecule has 0 heterocycles. The van der Waals surface area contributed by atoms with Crippen LogP contribution in [0.15, 0.2) is 0 Å². The third kappa shape index (κ3) is 30.5. The van der Waals surface area contributed by atoms with Gasteiger partial charge in [-0.25, -0.2) is 14.4 Å². The predicted octanol–water partition coefficient (Wildman–Crippen LogP) is 1.01. The maximum Gasteiger partial charge on any atom is 0.326 e. The summed E-state index contributed by atoms with van der Waals surface area (Å²) in [5, 5.41) is 39.6. The maximum absolute atomic E-state index is 12.1. The van der Waals surface area contributed by atoms with Gasteiger partial charge in [0.15, 0.2) is 0 Å². The molecule has 0 aromatic rings. The summed E-state index contributed by atoms with van der Waals surface area (Å²) in [7, 11) is 0. The van der Waals surface area contributed by atoms with E-state index < -0.39 is 48.4 Å². The SMILES string of the molecule is CC(C)(C)CC(=O)NCCOCCOCCOCCNC(=O)CCCCCCCNC(=O)CC[C@H](NC(=O)N[C@@H](CCC(=O)O)C(=O)O)C(=O)O. The van der Waals surface area contributed by atoms with Crippen LogP contribution in [0, 0.1) is 5.41 Å². The molecule has 0 aromatic carbocycles. The van der Waals surface area contributed by atoms with E-state index in [0.717, 1.165) is 25.7 Å². The van der Waals surface area contributed by atoms with Crippen LogP contribution in [0.5, 0.6) is 0 Å². The Morgan fingerprint density at radius 1 is 0.529 bits per heavy atom. The lowest BCUT2D eigenvalue weighted by atomic mass is 9.92. The van der Waals surface area contributed by atoms with Crippen LogP contribution in [0.25, 0.3) is 0 Å². The van der Waals surface area contributed by atoms with Gasteiger partial charge in [-0.2, -0.15) is 0 Å². The Morgan fingerprint density at radius 3 is 1.47 bits per heavy atom. The first-order valence-corrected chi connectivity index (χ1v) is 17.4. The van der Waals surface area contributed by atoms with Crippen molar-refractivity contribution >= 4 is 41.7 Å². The molecule has 0 rings (SSSR count). The smallest absolute Gasteiger partial charge is 0.326 e. The van der Waals surface area contributed by atoms with Crippen LogP contribution in [0.4, 0.5) is 4.79 Å². The molecule has 18 heteroatoms. The Morgan fingerprint density at radius 2 is 0.961 bits per heavy atom. The standard InChI is InChI=1S/C33H59N5O13/c1-33(2,3)23-28(41)36-16-18-50-20-22-51-21-19-49-17-15-35-26(39)9-7-5-4-6-8-14-34-27(40)12-10-24(30(44)45)37-32(48)38-25(31(46)47)11-13-29(42)43/h24-25H,4-23H2,1-3H3,(H,34,40)(H,35,39)(H,36,41)(H,42,43)(H,44,45)(H,46,47)(H2,37,38,48)/t24-,25-/m0/s1. The molecule has 0 aliphatic rings. The summed E-state index contributed by atoms with van der Waals surface area (Å²) < 4.78 is 16.3. The molecule has 0 aromatic heterocycles. The van der Waals surface area contributed by atoms with E-state index in [4.69, 9.17) is 24.4 Å². The summed E-state index contributed by atoms with van der Waals surface area (Å²) in [4.78, 5) is 81.2. The van der Waals surface area contributed by atoms with Crippen molar-refractivity contribution in [2.75, 3.05) is 59.3 Å². The second kappa shape index (κ2) is 28.6. The van der Waals surface area contributed by atoms with Crippen LogP contribution in [-0.4, -0.2) is 128 Å². The van der Waals surface area contributed by atoms with Crippen LogP contribution in [0.1, 0.15) is 91.4 Å². The maximum atomic E-state index is 12.1. The first-order valence-electron chi connectivity index (χ1n) is 17.4. The molecular formula is C33H59N5O13. The normalized spacial score (nSPS) is 12.3. The van der Waals surface area contributed by atoms with Gasteiger partial charge in [-0.05, 0) is 31.1 Å². The number of hydrogen-bond acceptors (Lipinski definition) is 10. The molecule has 0 saturated heterocycles. The fourth-order valence-electron chi connectivity index (χ4n) is 4.37. The Kier molecular flexibility index (Phi) is 26.4. The molecule has 0 aliphatic carbocycles. The van der Waals surface area contributed by atoms with Gasteiger partial charge in [-0.15, -0.1) is 0 Å². The van der Waals surface area contributed by atoms with Crippen molar-refractivity contribution in [3.05, 3.63) is 0 Å². The average molecular weight is 734 g/mol. The monoisotopic (exact) mass is 733 g/mol. The first-order chi connectivity index (χ1) is 24.1. The number of ether oxygens (including phenoxy) is 3. The number of hydrogen-bond donors (Lipinski definition) is 8. The Balaban J connectivity index is 3.74. The predicted molar refractivity (Wildman–Crippen MR) is 184 cm³/mol. The van der Waals surface area contributed by atoms with Gasteiger partial charge >= 0.3 is 23.9 Å². The number of carbonyl (C=O) groups is 7. The molecule has 5 amide bonds. The fourth-order valence-corrected chi connectivity index (χ4v) is 4.37. The van der Waals surface area contributed by atoms with E-state index in [2.05, 4.69) is 21.3 Å². The Labute approximate surface area is 299 Å². The fraction of sp³-hybridized carbons (Fsp3) is 0.788. The van der Waals surface area contributed by atoms with Crippen LogP contribution in [-0.2, 0) is 43.0 Å². The van der Waals surface area contributed by atoms with E-state index >= 15 is 0 Å². The molecule has 0 unspecified atom stereocenters. The molecule has 51 heavy (non-hydrogen) atoms. The van der Waals surface area contributed by atoms with Crippen LogP contribution in [0.2, 0.25) is 0 Å². The minimum atomic E-state index is -1.52. The van der Waals surface area contributed by atoms with E-state index in [1.54, 1.807) is 0 Å². The van der Waals surface area contributed by atoms with Gasteiger partial charge in [-0.3, -0.25) is 19.2 Å². The number of aliphatic carboxylic acids is 3. The van der Waals surface area contributed by atoms with E-state index in [-0.39, 0.29) is 36.5 Å². The summed E-state index contributed by atoms with van der Waals surface area (Å²) in [6.07, 6.45) is 3.51. The second-order valence-electron chi connectivity index (χ2n) is 13.0. The van der Waals surface area contributed by atoms with Crippen molar-refractivity contribution < 1.29 is 63.1 Å². The van der Waals surface area contributed by atoms with Crippen molar-refractivity contribution in [2.24, 2.45) is 5.41 Å². The van der Waals surface area contributed by atoms with Gasteiger partial charge in [-0.1, -0.05) is 40.0 Å². The molecule has 0 spiro atoms. The summed E-state index contributed by atoms with van der Waals surface area (Å²) in [5.74, 6) is -4.58. The number of unbranched alkanes of at least 4 members (excludes halogenated alkanes) is 4. The van der Waals surface area contributed by atoms with Crippen LogP contribution >= 0.6 is 0 Å². The lowest BCUT2D eigenvalue weighted by Crippen LogP contribution is -2.51. The second-order valence-corrected chi connectivity index (χ2v) is 13.0. The molecule has 294 valence electrons. The van der Waals surface area contributed by atoms with Crippen molar-refractivity contribution in [1.29, 1.82) is 0 Å². The number of nitrogens with one attached hydrogen (secondary N) is 5. The quantitative estimate of drug-likeness (QED) is 0.0463. The van der Waals surface area contributed by atoms with E-state index in [1.165, 1.54) is 0 Å². The zero-order valence-corrected chi connectivity index (χ0v) is 30.2. The zero-order valence-electron chi connectivity index (χ0n) is 30.2. The molecule has 0 aliphatic heterocycles. The van der Waals surface area contributed by atoms with Crippen molar-refractivity contribution in [3.63, 3.8) is 0 Å². The topological polar surface area (TPSA) is 268 Å². The number of amides is 5. The van der Waals surface area contributed by atoms with Crippen molar-refractivity contribution in [1.82, 2.24) is 26.6 Å². The largest absolute Gasteiger partial charge is 0.481 e. The molecule has 0 fully saturated rings. The Bertz CT molecular complexity index is 1070. The van der Waals surface area contributed by atoms with Gasteiger partial charge in [0, 0.05) is 45.3 Å². The zero-order chi connectivity index (χ0) is 38.5. The van der Waals surface area contributed by atoms with E-state index in [0.29, 0.717) is 78.5 Å². The summed E-state index contributed by atoms with van der Waals surface area (Å²) in [5.41, 5.74) is -0.0475. The van der Waals surface area contributed by atoms with Crippen LogP contribution in [0.3, 0.4) is 0 Å². The number of carbonyl (C=O) groups excluding carboxylic acids is 4. The van der Waals surface area contributed by atoms with Crippen molar-refractivity contribution in [2.45, 2.75) is 103 Å². The summed E-state index contributed by atoms with van der Waals surface area (Å²) in [6, 6.07) is -4.08. The lowest BCUT2D eigenvalue weighted by molar-refractivity contribution is -0.141. The van der Waals surface area contributed by atoms with Gasteiger partial charge in [0.1, 0.15) is 12.1 Å². The average Bonchev–Trinajstić information content (AvgIpc) is 3.03. The van der Waals surface area contributed by atoms with Gasteiger partial charge in [0.25, 0.3) is 0 Å². The molecule has 18 nitrogen and oxygen atoms in total. The van der Waals surface area contributed by atoms with Gasteiger partial charge < -0.3 is 56.1 Å². The summed E-state index contributed by atoms with van der Waals surface area (Å²) >= 11 is 0. The highest BCUT2D eigenvalue weighted by Gasteiger charge is 2.25. The minimum Gasteiger partial charge on any atom is -0.481 e. The minimum absolute atomic E-state index is 0.00977. The highest BCUT2D eigenvalue weighted by Crippen LogP contribution is 2.17. The molecule has 0 radical (unpaired) electrons. The lowest BCUT2D eigenvalue weighted by Gasteiger charge is -2.18. The number of rotatable bonds is 31. The Hall–Kier alpha value is -4.03. The highest BCUT2D eigenvalue weighted by atomic mass is 16.5. The number of carboxylic acids is 3. The molecule has 0 bridgehead atoms. The molecule has 0 saturated carbocycles. The highest BCUT2D eigenvalue weighted by molar-refractivity contribution is 5.86.